The topological polar surface area (TPSA) is 75.2 Å². The Kier molecular flexibility index (Phi) is 5.25. The van der Waals surface area contributed by atoms with Crippen LogP contribution in [0.25, 0.3) is 11.3 Å². The molecule has 1 aliphatic heterocycles. The third kappa shape index (κ3) is 3.90. The number of aryl methyl sites for hydroxylation is 1. The molecule has 7 heteroatoms. The predicted molar refractivity (Wildman–Crippen MR) is 126 cm³/mol. The number of rotatable bonds is 4. The van der Waals surface area contributed by atoms with Gasteiger partial charge in [-0.3, -0.25) is 19.9 Å². The van der Waals surface area contributed by atoms with Crippen LogP contribution in [0.1, 0.15) is 31.8 Å². The highest BCUT2D eigenvalue weighted by atomic mass is 32.1. The zero-order valence-electron chi connectivity index (χ0n) is 17.4. The van der Waals surface area contributed by atoms with Crippen molar-refractivity contribution in [1.29, 1.82) is 0 Å². The summed E-state index contributed by atoms with van der Waals surface area (Å²) in [6.45, 7) is 2.67. The Hall–Kier alpha value is -3.84. The average Bonchev–Trinajstić information content (AvgIpc) is 3.46. The van der Waals surface area contributed by atoms with Gasteiger partial charge in [-0.05, 0) is 55.3 Å². The number of amides is 2. The number of nitrogens with one attached hydrogen (secondary N) is 1. The van der Waals surface area contributed by atoms with Gasteiger partial charge >= 0.3 is 0 Å². The molecule has 4 aromatic rings. The van der Waals surface area contributed by atoms with Gasteiger partial charge in [0.25, 0.3) is 11.8 Å². The summed E-state index contributed by atoms with van der Waals surface area (Å²) in [6.07, 6.45) is 3.95. The summed E-state index contributed by atoms with van der Waals surface area (Å²) in [5.74, 6) is -0.219. The second kappa shape index (κ2) is 8.36. The van der Waals surface area contributed by atoms with Crippen molar-refractivity contribution in [1.82, 2.24) is 9.97 Å². The van der Waals surface area contributed by atoms with Crippen LogP contribution in [-0.4, -0.2) is 28.3 Å². The molecule has 3 heterocycles. The van der Waals surface area contributed by atoms with Crippen LogP contribution in [0.4, 0.5) is 10.8 Å². The maximum atomic E-state index is 13.0. The number of hydrogen-bond acceptors (Lipinski definition) is 5. The first-order valence-electron chi connectivity index (χ1n) is 10.3. The van der Waals surface area contributed by atoms with Crippen LogP contribution in [0.5, 0.6) is 0 Å². The Morgan fingerprint density at radius 1 is 1.06 bits per heavy atom. The van der Waals surface area contributed by atoms with Gasteiger partial charge in [0, 0.05) is 41.1 Å². The number of anilines is 2. The lowest BCUT2D eigenvalue weighted by molar-refractivity contribution is 0.0987. The molecule has 5 rings (SSSR count). The lowest BCUT2D eigenvalue weighted by Crippen LogP contribution is -2.28. The number of nitrogens with zero attached hydrogens (tertiary/aromatic N) is 3. The van der Waals surface area contributed by atoms with Gasteiger partial charge in [-0.15, -0.1) is 11.3 Å². The van der Waals surface area contributed by atoms with Gasteiger partial charge in [-0.1, -0.05) is 23.8 Å². The zero-order valence-corrected chi connectivity index (χ0v) is 18.2. The van der Waals surface area contributed by atoms with Crippen molar-refractivity contribution in [3.8, 4) is 11.3 Å². The van der Waals surface area contributed by atoms with Crippen molar-refractivity contribution in [3.63, 3.8) is 0 Å². The minimum atomic E-state index is -0.238. The van der Waals surface area contributed by atoms with E-state index in [0.717, 1.165) is 34.5 Å². The SMILES string of the molecule is Cc1ccc(C(=O)N2CCc3cc(-c4csc(NC(=O)c5cccnc5)n4)ccc32)cc1. The van der Waals surface area contributed by atoms with Crippen LogP contribution < -0.4 is 10.2 Å². The standard InChI is InChI=1S/C25H20N4O2S/c1-16-4-6-17(7-5-16)24(31)29-12-10-19-13-18(8-9-22(19)29)21-15-32-25(27-21)28-23(30)20-3-2-11-26-14-20/h2-9,11,13-15H,10,12H2,1H3,(H,27,28,30). The molecule has 0 spiro atoms. The van der Waals surface area contributed by atoms with Gasteiger partial charge in [0.2, 0.25) is 0 Å². The zero-order chi connectivity index (χ0) is 22.1. The summed E-state index contributed by atoms with van der Waals surface area (Å²) in [7, 11) is 0. The second-order valence-electron chi connectivity index (χ2n) is 7.65. The first kappa shape index (κ1) is 20.1. The van der Waals surface area contributed by atoms with E-state index in [1.54, 1.807) is 18.3 Å². The number of hydrogen-bond donors (Lipinski definition) is 1. The van der Waals surface area contributed by atoms with E-state index in [9.17, 15) is 9.59 Å². The van der Waals surface area contributed by atoms with Gasteiger partial charge in [0.05, 0.1) is 11.3 Å². The van der Waals surface area contributed by atoms with Gasteiger partial charge in [0.1, 0.15) is 0 Å². The van der Waals surface area contributed by atoms with Crippen LogP contribution in [0.15, 0.2) is 72.4 Å². The molecule has 0 fully saturated rings. The second-order valence-corrected chi connectivity index (χ2v) is 8.51. The average molecular weight is 441 g/mol. The van der Waals surface area contributed by atoms with E-state index in [0.29, 0.717) is 22.8 Å². The number of carbonyl (C=O) groups excluding carboxylic acids is 2. The molecule has 32 heavy (non-hydrogen) atoms. The van der Waals surface area contributed by atoms with Gasteiger partial charge in [-0.25, -0.2) is 4.98 Å². The number of benzene rings is 2. The normalized spacial score (nSPS) is 12.5. The Morgan fingerprint density at radius 2 is 1.91 bits per heavy atom. The van der Waals surface area contributed by atoms with E-state index in [1.165, 1.54) is 17.5 Å². The lowest BCUT2D eigenvalue weighted by atomic mass is 10.1. The molecule has 0 aliphatic carbocycles. The summed E-state index contributed by atoms with van der Waals surface area (Å²) in [6, 6.07) is 17.1. The van der Waals surface area contributed by atoms with E-state index in [1.807, 2.05) is 53.6 Å². The fourth-order valence-corrected chi connectivity index (χ4v) is 4.47. The van der Waals surface area contributed by atoms with Crippen molar-refractivity contribution in [2.24, 2.45) is 0 Å². The third-order valence-corrected chi connectivity index (χ3v) is 6.22. The Morgan fingerprint density at radius 3 is 2.69 bits per heavy atom. The molecule has 0 saturated heterocycles. The van der Waals surface area contributed by atoms with Crippen LogP contribution in [-0.2, 0) is 6.42 Å². The van der Waals surface area contributed by atoms with Crippen LogP contribution >= 0.6 is 11.3 Å². The molecule has 2 amide bonds. The largest absolute Gasteiger partial charge is 0.308 e. The molecule has 1 N–H and O–H groups in total. The molecule has 1 aliphatic rings. The van der Waals surface area contributed by atoms with E-state index < -0.39 is 0 Å². The molecule has 2 aromatic carbocycles. The summed E-state index contributed by atoms with van der Waals surface area (Å²) in [4.78, 5) is 35.7. The van der Waals surface area contributed by atoms with Crippen molar-refractivity contribution in [2.45, 2.75) is 13.3 Å². The molecule has 0 saturated carbocycles. The minimum Gasteiger partial charge on any atom is -0.308 e. The molecule has 0 unspecified atom stereocenters. The first-order valence-corrected chi connectivity index (χ1v) is 11.2. The fourth-order valence-electron chi connectivity index (χ4n) is 3.75. The summed E-state index contributed by atoms with van der Waals surface area (Å²) >= 11 is 1.38. The molecule has 0 bridgehead atoms. The monoisotopic (exact) mass is 440 g/mol. The number of thiazole rings is 1. The molecular formula is C25H20N4O2S. The summed E-state index contributed by atoms with van der Waals surface area (Å²) in [5, 5.41) is 5.27. The maximum absolute atomic E-state index is 13.0. The van der Waals surface area contributed by atoms with E-state index >= 15 is 0 Å². The summed E-state index contributed by atoms with van der Waals surface area (Å²) in [5.41, 5.74) is 6.14. The number of carbonyl (C=O) groups is 2. The van der Waals surface area contributed by atoms with Crippen molar-refractivity contribution >= 4 is 34.0 Å². The fraction of sp³-hybridized carbons (Fsp3) is 0.120. The van der Waals surface area contributed by atoms with Crippen LogP contribution in [0.2, 0.25) is 0 Å². The molecule has 2 aromatic heterocycles. The van der Waals surface area contributed by atoms with Crippen molar-refractivity contribution in [2.75, 3.05) is 16.8 Å². The van der Waals surface area contributed by atoms with E-state index in [-0.39, 0.29) is 11.8 Å². The quantitative estimate of drug-likeness (QED) is 0.486. The number of aromatic nitrogens is 2. The van der Waals surface area contributed by atoms with E-state index in [4.69, 9.17) is 0 Å². The number of fused-ring (bicyclic) bond motifs is 1. The number of pyridine rings is 1. The first-order chi connectivity index (χ1) is 15.6. The molecule has 158 valence electrons. The van der Waals surface area contributed by atoms with Crippen LogP contribution in [0, 0.1) is 6.92 Å². The highest BCUT2D eigenvalue weighted by Crippen LogP contribution is 2.34. The molecule has 0 atom stereocenters. The van der Waals surface area contributed by atoms with Crippen molar-refractivity contribution in [3.05, 3.63) is 94.6 Å². The van der Waals surface area contributed by atoms with E-state index in [2.05, 4.69) is 21.4 Å². The van der Waals surface area contributed by atoms with Crippen molar-refractivity contribution < 1.29 is 9.59 Å². The highest BCUT2D eigenvalue weighted by Gasteiger charge is 2.26. The van der Waals surface area contributed by atoms with Gasteiger partial charge in [0.15, 0.2) is 5.13 Å². The molecular weight excluding hydrogens is 420 g/mol. The van der Waals surface area contributed by atoms with Crippen LogP contribution in [0.3, 0.4) is 0 Å². The maximum Gasteiger partial charge on any atom is 0.259 e. The Bertz CT molecular complexity index is 1300. The highest BCUT2D eigenvalue weighted by molar-refractivity contribution is 7.14. The van der Waals surface area contributed by atoms with Gasteiger partial charge < -0.3 is 4.90 Å². The Balaban J connectivity index is 1.33. The lowest BCUT2D eigenvalue weighted by Gasteiger charge is -2.17. The molecule has 6 nitrogen and oxygen atoms in total. The molecule has 0 radical (unpaired) electrons. The Labute approximate surface area is 189 Å². The third-order valence-electron chi connectivity index (χ3n) is 5.46. The predicted octanol–water partition coefficient (Wildman–Crippen LogP) is 4.97. The summed E-state index contributed by atoms with van der Waals surface area (Å²) < 4.78 is 0. The smallest absolute Gasteiger partial charge is 0.259 e. The minimum absolute atomic E-state index is 0.0190. The van der Waals surface area contributed by atoms with Gasteiger partial charge in [-0.2, -0.15) is 0 Å².